The first-order chi connectivity index (χ1) is 29.7. The van der Waals surface area contributed by atoms with E-state index in [0.29, 0.717) is 5.71 Å². The van der Waals surface area contributed by atoms with Gasteiger partial charge in [-0.1, -0.05) is 66.7 Å². The van der Waals surface area contributed by atoms with Gasteiger partial charge in [0.05, 0.1) is 17.1 Å². The second-order valence-corrected chi connectivity index (χ2v) is 15.1. The molecule has 12 rings (SSSR count). The number of anilines is 3. The maximum atomic E-state index is 6.13. The van der Waals surface area contributed by atoms with Gasteiger partial charge in [0, 0.05) is 103 Å². The number of nitrogens with zero attached hydrogens (tertiary/aromatic N) is 6. The Bertz CT molecular complexity index is 3470. The summed E-state index contributed by atoms with van der Waals surface area (Å²) in [6, 6.07) is 55.4. The molecule has 0 saturated heterocycles. The Hall–Kier alpha value is -8.29. The number of benzene rings is 6. The molecule has 0 atom stereocenters. The maximum absolute atomic E-state index is 6.13. The fourth-order valence-corrected chi connectivity index (χ4v) is 8.33. The van der Waals surface area contributed by atoms with Gasteiger partial charge < -0.3 is 9.32 Å². The van der Waals surface area contributed by atoms with Gasteiger partial charge in [-0.3, -0.25) is 19.9 Å². The van der Waals surface area contributed by atoms with Crippen molar-refractivity contribution in [2.45, 2.75) is 0 Å². The zero-order chi connectivity index (χ0) is 39.6. The first-order valence-electron chi connectivity index (χ1n) is 19.8. The molecule has 7 nitrogen and oxygen atoms in total. The minimum Gasteiger partial charge on any atom is -0.438 e. The number of pyridine rings is 5. The Labute approximate surface area is 343 Å². The Morgan fingerprint density at radius 1 is 0.367 bits per heavy atom. The van der Waals surface area contributed by atoms with Crippen molar-refractivity contribution in [2.24, 2.45) is 0 Å². The van der Waals surface area contributed by atoms with Gasteiger partial charge in [0.1, 0.15) is 5.58 Å². The average Bonchev–Trinajstić information content (AvgIpc) is 3.69. The summed E-state index contributed by atoms with van der Waals surface area (Å²) >= 11 is 0. The number of furan rings is 1. The predicted octanol–water partition coefficient (Wildman–Crippen LogP) is 13.6. The summed E-state index contributed by atoms with van der Waals surface area (Å²) in [7, 11) is 0. The fourth-order valence-electron chi connectivity index (χ4n) is 8.33. The van der Waals surface area contributed by atoms with Gasteiger partial charge in [-0.05, 0) is 113 Å². The van der Waals surface area contributed by atoms with Crippen LogP contribution in [0.2, 0.25) is 0 Å². The molecule has 7 heteroatoms. The summed E-state index contributed by atoms with van der Waals surface area (Å²) in [5.41, 5.74) is 10.4. The van der Waals surface area contributed by atoms with E-state index < -0.39 is 0 Å². The average molecular weight is 769 g/mol. The molecule has 0 aliphatic rings. The van der Waals surface area contributed by atoms with Crippen LogP contribution in [0.4, 0.5) is 17.1 Å². The normalized spacial score (nSPS) is 11.7. The van der Waals surface area contributed by atoms with E-state index in [-0.39, 0.29) is 0 Å². The summed E-state index contributed by atoms with van der Waals surface area (Å²) in [4.78, 5) is 25.4. The largest absolute Gasteiger partial charge is 0.438 e. The van der Waals surface area contributed by atoms with Gasteiger partial charge in [0.2, 0.25) is 5.71 Å². The Morgan fingerprint density at radius 3 is 1.55 bits per heavy atom. The minimum atomic E-state index is 0.639. The molecule has 0 bridgehead atoms. The highest BCUT2D eigenvalue weighted by molar-refractivity contribution is 6.04. The molecule has 0 radical (unpaired) electrons. The molecule has 0 spiro atoms. The Balaban J connectivity index is 0.935. The molecule has 6 heterocycles. The van der Waals surface area contributed by atoms with Gasteiger partial charge in [-0.2, -0.15) is 0 Å². The van der Waals surface area contributed by atoms with Gasteiger partial charge in [0.25, 0.3) is 0 Å². The molecule has 280 valence electrons. The molecule has 0 aliphatic heterocycles. The van der Waals surface area contributed by atoms with Gasteiger partial charge in [-0.25, -0.2) is 4.98 Å². The van der Waals surface area contributed by atoms with Crippen molar-refractivity contribution >= 4 is 82.2 Å². The topological polar surface area (TPSA) is 80.8 Å². The molecule has 0 unspecified atom stereocenters. The molecule has 0 amide bonds. The van der Waals surface area contributed by atoms with Crippen molar-refractivity contribution in [3.63, 3.8) is 0 Å². The lowest BCUT2D eigenvalue weighted by atomic mass is 10.0. The van der Waals surface area contributed by atoms with Crippen LogP contribution >= 0.6 is 0 Å². The van der Waals surface area contributed by atoms with Gasteiger partial charge in [-0.15, -0.1) is 0 Å². The summed E-state index contributed by atoms with van der Waals surface area (Å²) in [5.74, 6) is 0. The Morgan fingerprint density at radius 2 is 0.917 bits per heavy atom. The van der Waals surface area contributed by atoms with Crippen LogP contribution in [-0.2, 0) is 0 Å². The molecule has 0 aliphatic carbocycles. The quantitative estimate of drug-likeness (QED) is 0.167. The fraction of sp³-hybridized carbons (Fsp3) is 0. The molecular weight excluding hydrogens is 737 g/mol. The van der Waals surface area contributed by atoms with Crippen LogP contribution in [-0.4, -0.2) is 24.9 Å². The third-order valence-electron chi connectivity index (χ3n) is 11.5. The van der Waals surface area contributed by atoms with Crippen LogP contribution in [0.1, 0.15) is 0 Å². The smallest absolute Gasteiger partial charge is 0.227 e. The van der Waals surface area contributed by atoms with E-state index >= 15 is 0 Å². The zero-order valence-corrected chi connectivity index (χ0v) is 32.1. The highest BCUT2D eigenvalue weighted by atomic mass is 16.3. The van der Waals surface area contributed by atoms with E-state index in [1.54, 1.807) is 12.4 Å². The summed E-state index contributed by atoms with van der Waals surface area (Å²) in [6.45, 7) is 0. The van der Waals surface area contributed by atoms with Crippen molar-refractivity contribution in [1.29, 1.82) is 0 Å². The molecule has 12 aromatic rings. The number of para-hydroxylation sites is 1. The van der Waals surface area contributed by atoms with Gasteiger partial charge >= 0.3 is 0 Å². The molecule has 0 fully saturated rings. The van der Waals surface area contributed by atoms with Crippen molar-refractivity contribution < 1.29 is 4.42 Å². The monoisotopic (exact) mass is 768 g/mol. The highest BCUT2D eigenvalue weighted by Gasteiger charge is 2.16. The molecule has 60 heavy (non-hydrogen) atoms. The highest BCUT2D eigenvalue weighted by Crippen LogP contribution is 2.40. The van der Waals surface area contributed by atoms with E-state index in [9.17, 15) is 0 Å². The lowest BCUT2D eigenvalue weighted by Gasteiger charge is -2.26. The molecule has 6 aromatic heterocycles. The van der Waals surface area contributed by atoms with Crippen LogP contribution < -0.4 is 4.90 Å². The first-order valence-corrected chi connectivity index (χ1v) is 19.8. The SMILES string of the molecule is c1ccc2c(c1)oc1nc(-c3ccc(N(c4ccc5cc(-c6cc7cnccc7cn6)ccc5c4)c4ccc5cc(-c6cc7cnccc7cn6)ccc5c4)cc3)ccc12. The van der Waals surface area contributed by atoms with Crippen LogP contribution in [0, 0.1) is 0 Å². The van der Waals surface area contributed by atoms with E-state index in [0.717, 1.165) is 110 Å². The standard InChI is InChI=1S/C53H32N6O/c1-2-4-52-47(3-1)48-17-18-49(58-53(48)60-52)33-9-13-44(14-10-33)59(45-15-11-34-23-38(7-5-36(34)25-45)50-27-42-29-54-21-19-40(42)31-56-50)46-16-12-35-24-39(8-6-37(35)26-46)51-28-43-30-55-22-20-41(43)32-57-51/h1-32H. The van der Waals surface area contributed by atoms with Crippen molar-refractivity contribution in [3.05, 3.63) is 195 Å². The van der Waals surface area contributed by atoms with E-state index in [1.807, 2.05) is 55.1 Å². The van der Waals surface area contributed by atoms with Crippen molar-refractivity contribution in [3.8, 4) is 33.8 Å². The van der Waals surface area contributed by atoms with Crippen molar-refractivity contribution in [1.82, 2.24) is 24.9 Å². The second-order valence-electron chi connectivity index (χ2n) is 15.1. The van der Waals surface area contributed by atoms with Crippen LogP contribution in [0.25, 0.3) is 98.9 Å². The molecule has 0 N–H and O–H groups in total. The van der Waals surface area contributed by atoms with Crippen molar-refractivity contribution in [2.75, 3.05) is 4.90 Å². The Kier molecular flexibility index (Phi) is 7.71. The lowest BCUT2D eigenvalue weighted by Crippen LogP contribution is -2.10. The number of fused-ring (bicyclic) bond motifs is 7. The molecule has 0 saturated carbocycles. The molecular formula is C53H32N6O. The lowest BCUT2D eigenvalue weighted by molar-refractivity contribution is 0.654. The van der Waals surface area contributed by atoms with Crippen LogP contribution in [0.15, 0.2) is 199 Å². The number of rotatable bonds is 6. The van der Waals surface area contributed by atoms with E-state index in [1.165, 1.54) is 0 Å². The third kappa shape index (κ3) is 5.87. The number of hydrogen-bond acceptors (Lipinski definition) is 7. The third-order valence-corrected chi connectivity index (χ3v) is 11.5. The summed E-state index contributed by atoms with van der Waals surface area (Å²) in [6.07, 6.45) is 11.2. The first kappa shape index (κ1) is 33.8. The van der Waals surface area contributed by atoms with Crippen LogP contribution in [0.3, 0.4) is 0 Å². The van der Waals surface area contributed by atoms with Crippen LogP contribution in [0.5, 0.6) is 0 Å². The predicted molar refractivity (Wildman–Crippen MR) is 244 cm³/mol. The maximum Gasteiger partial charge on any atom is 0.227 e. The van der Waals surface area contributed by atoms with Gasteiger partial charge in [0.15, 0.2) is 0 Å². The van der Waals surface area contributed by atoms with E-state index in [4.69, 9.17) is 19.4 Å². The minimum absolute atomic E-state index is 0.639. The van der Waals surface area contributed by atoms with E-state index in [2.05, 4.69) is 142 Å². The number of hydrogen-bond donors (Lipinski definition) is 0. The molecule has 6 aromatic carbocycles. The number of aromatic nitrogens is 5. The second kappa shape index (κ2) is 13.7. The zero-order valence-electron chi connectivity index (χ0n) is 32.1. The summed E-state index contributed by atoms with van der Waals surface area (Å²) < 4.78 is 6.13. The summed E-state index contributed by atoms with van der Waals surface area (Å²) in [5, 5.41) is 10.9.